The predicted molar refractivity (Wildman–Crippen MR) is 67.4 cm³/mol. The smallest absolute Gasteiger partial charge is 0.228 e. The van der Waals surface area contributed by atoms with Crippen LogP contribution in [0.1, 0.15) is 12.5 Å². The molecular formula is C11H13BrClNO. The lowest BCUT2D eigenvalue weighted by molar-refractivity contribution is -0.118. The summed E-state index contributed by atoms with van der Waals surface area (Å²) < 4.78 is 1.03. The molecule has 0 spiro atoms. The molecule has 1 aromatic rings. The quantitative estimate of drug-likeness (QED) is 0.847. The van der Waals surface area contributed by atoms with Gasteiger partial charge < -0.3 is 5.32 Å². The molecular weight excluding hydrogens is 277 g/mol. The molecule has 0 aliphatic rings. The van der Waals surface area contributed by atoms with Crippen LogP contribution in [0.5, 0.6) is 0 Å². The molecule has 0 aliphatic carbocycles. The standard InChI is InChI=1S/C11H13BrClNO/c1-7-5-9(3-4-10(7)12)14-11(15)8(2)6-13/h3-5,8H,6H2,1-2H3,(H,14,15). The van der Waals surface area contributed by atoms with E-state index >= 15 is 0 Å². The van der Waals surface area contributed by atoms with E-state index in [-0.39, 0.29) is 11.8 Å². The van der Waals surface area contributed by atoms with Crippen LogP contribution in [0.15, 0.2) is 22.7 Å². The van der Waals surface area contributed by atoms with E-state index in [4.69, 9.17) is 11.6 Å². The SMILES string of the molecule is Cc1cc(NC(=O)C(C)CCl)ccc1Br. The molecule has 1 aromatic carbocycles. The van der Waals surface area contributed by atoms with Crippen molar-refractivity contribution in [3.63, 3.8) is 0 Å². The molecule has 0 heterocycles. The third kappa shape index (κ3) is 3.50. The number of nitrogens with one attached hydrogen (secondary N) is 1. The van der Waals surface area contributed by atoms with Crippen LogP contribution in [0.3, 0.4) is 0 Å². The summed E-state index contributed by atoms with van der Waals surface area (Å²) in [5.74, 6) is 0.115. The zero-order chi connectivity index (χ0) is 11.4. The van der Waals surface area contributed by atoms with E-state index in [0.29, 0.717) is 5.88 Å². The van der Waals surface area contributed by atoms with Gasteiger partial charge in [0.2, 0.25) is 5.91 Å². The first-order valence-corrected chi connectivity index (χ1v) is 6.00. The van der Waals surface area contributed by atoms with Crippen LogP contribution in [-0.4, -0.2) is 11.8 Å². The number of rotatable bonds is 3. The molecule has 15 heavy (non-hydrogen) atoms. The number of hydrogen-bond donors (Lipinski definition) is 1. The molecule has 1 rings (SSSR count). The topological polar surface area (TPSA) is 29.1 Å². The second-order valence-corrected chi connectivity index (χ2v) is 4.67. The lowest BCUT2D eigenvalue weighted by Gasteiger charge is -2.10. The van der Waals surface area contributed by atoms with Crippen LogP contribution in [0.2, 0.25) is 0 Å². The molecule has 0 bridgehead atoms. The van der Waals surface area contributed by atoms with Crippen LogP contribution in [0, 0.1) is 12.8 Å². The number of hydrogen-bond acceptors (Lipinski definition) is 1. The summed E-state index contributed by atoms with van der Waals surface area (Å²) in [6, 6.07) is 5.69. The minimum atomic E-state index is -0.171. The van der Waals surface area contributed by atoms with Gasteiger partial charge in [0, 0.05) is 22.0 Å². The molecule has 82 valence electrons. The molecule has 1 amide bonds. The summed E-state index contributed by atoms with van der Waals surface area (Å²) >= 11 is 9.01. The van der Waals surface area contributed by atoms with Crippen molar-refractivity contribution >= 4 is 39.1 Å². The van der Waals surface area contributed by atoms with E-state index in [0.717, 1.165) is 15.7 Å². The molecule has 0 radical (unpaired) electrons. The first-order valence-electron chi connectivity index (χ1n) is 4.67. The molecule has 0 saturated heterocycles. The first-order chi connectivity index (χ1) is 7.04. The lowest BCUT2D eigenvalue weighted by Crippen LogP contribution is -2.21. The summed E-state index contributed by atoms with van der Waals surface area (Å²) in [5.41, 5.74) is 1.89. The Balaban J connectivity index is 2.73. The average molecular weight is 291 g/mol. The molecule has 0 fully saturated rings. The Labute approximate surface area is 103 Å². The fourth-order valence-electron chi connectivity index (χ4n) is 1.06. The number of aryl methyl sites for hydroxylation is 1. The maximum Gasteiger partial charge on any atom is 0.228 e. The molecule has 1 unspecified atom stereocenters. The molecule has 0 aliphatic heterocycles. The average Bonchev–Trinajstić information content (AvgIpc) is 2.22. The molecule has 4 heteroatoms. The zero-order valence-electron chi connectivity index (χ0n) is 8.68. The Morgan fingerprint density at radius 1 is 1.60 bits per heavy atom. The van der Waals surface area contributed by atoms with Crippen molar-refractivity contribution in [2.24, 2.45) is 5.92 Å². The predicted octanol–water partition coefficient (Wildman–Crippen LogP) is 3.57. The van der Waals surface area contributed by atoms with Gasteiger partial charge in [-0.1, -0.05) is 22.9 Å². The van der Waals surface area contributed by atoms with E-state index in [1.165, 1.54) is 0 Å². The van der Waals surface area contributed by atoms with Gasteiger partial charge in [0.15, 0.2) is 0 Å². The van der Waals surface area contributed by atoms with Gasteiger partial charge in [-0.25, -0.2) is 0 Å². The summed E-state index contributed by atoms with van der Waals surface area (Å²) in [6.07, 6.45) is 0. The van der Waals surface area contributed by atoms with Crippen molar-refractivity contribution in [1.29, 1.82) is 0 Å². The lowest BCUT2D eigenvalue weighted by atomic mass is 10.2. The van der Waals surface area contributed by atoms with E-state index in [1.807, 2.05) is 25.1 Å². The largest absolute Gasteiger partial charge is 0.326 e. The fraction of sp³-hybridized carbons (Fsp3) is 0.364. The number of benzene rings is 1. The summed E-state index contributed by atoms with van der Waals surface area (Å²) in [4.78, 5) is 11.5. The highest BCUT2D eigenvalue weighted by Crippen LogP contribution is 2.20. The van der Waals surface area contributed by atoms with E-state index < -0.39 is 0 Å². The molecule has 2 nitrogen and oxygen atoms in total. The highest BCUT2D eigenvalue weighted by Gasteiger charge is 2.11. The van der Waals surface area contributed by atoms with Crippen LogP contribution < -0.4 is 5.32 Å². The molecule has 0 aromatic heterocycles. The number of alkyl halides is 1. The van der Waals surface area contributed by atoms with Gasteiger partial charge >= 0.3 is 0 Å². The number of amides is 1. The summed E-state index contributed by atoms with van der Waals surface area (Å²) in [7, 11) is 0. The van der Waals surface area contributed by atoms with Crippen LogP contribution in [0.4, 0.5) is 5.69 Å². The van der Waals surface area contributed by atoms with Gasteiger partial charge in [0.05, 0.1) is 0 Å². The molecule has 1 N–H and O–H groups in total. The fourth-order valence-corrected chi connectivity index (χ4v) is 1.44. The minimum absolute atomic E-state index is 0.0493. The third-order valence-corrected chi connectivity index (χ3v) is 3.46. The van der Waals surface area contributed by atoms with Crippen molar-refractivity contribution in [3.8, 4) is 0 Å². The van der Waals surface area contributed by atoms with Crippen molar-refractivity contribution < 1.29 is 4.79 Å². The number of anilines is 1. The second kappa shape index (κ2) is 5.52. The van der Waals surface area contributed by atoms with Gasteiger partial charge in [-0.15, -0.1) is 11.6 Å². The Hall–Kier alpha value is -0.540. The van der Waals surface area contributed by atoms with E-state index in [2.05, 4.69) is 21.2 Å². The normalized spacial score (nSPS) is 12.3. The van der Waals surface area contributed by atoms with Gasteiger partial charge in [-0.3, -0.25) is 4.79 Å². The first kappa shape index (κ1) is 12.5. The van der Waals surface area contributed by atoms with Gasteiger partial charge in [-0.05, 0) is 30.7 Å². The highest BCUT2D eigenvalue weighted by atomic mass is 79.9. The zero-order valence-corrected chi connectivity index (χ0v) is 11.0. The Bertz CT molecular complexity index is 368. The number of carbonyl (C=O) groups excluding carboxylic acids is 1. The highest BCUT2D eigenvalue weighted by molar-refractivity contribution is 9.10. The Morgan fingerprint density at radius 3 is 2.80 bits per heavy atom. The van der Waals surface area contributed by atoms with Crippen molar-refractivity contribution in [1.82, 2.24) is 0 Å². The van der Waals surface area contributed by atoms with Crippen LogP contribution in [0.25, 0.3) is 0 Å². The van der Waals surface area contributed by atoms with Crippen molar-refractivity contribution in [3.05, 3.63) is 28.2 Å². The summed E-state index contributed by atoms with van der Waals surface area (Å²) in [6.45, 7) is 3.78. The van der Waals surface area contributed by atoms with Crippen LogP contribution in [-0.2, 0) is 4.79 Å². The molecule has 0 saturated carbocycles. The van der Waals surface area contributed by atoms with E-state index in [1.54, 1.807) is 6.92 Å². The second-order valence-electron chi connectivity index (χ2n) is 3.51. The van der Waals surface area contributed by atoms with Gasteiger partial charge in [0.1, 0.15) is 0 Å². The summed E-state index contributed by atoms with van der Waals surface area (Å²) in [5, 5.41) is 2.82. The van der Waals surface area contributed by atoms with Gasteiger partial charge in [0.25, 0.3) is 0 Å². The van der Waals surface area contributed by atoms with E-state index in [9.17, 15) is 4.79 Å². The Kier molecular flexibility index (Phi) is 4.61. The maximum atomic E-state index is 11.5. The van der Waals surface area contributed by atoms with Gasteiger partial charge in [-0.2, -0.15) is 0 Å². The maximum absolute atomic E-state index is 11.5. The number of carbonyl (C=O) groups is 1. The monoisotopic (exact) mass is 289 g/mol. The molecule has 1 atom stereocenters. The van der Waals surface area contributed by atoms with Crippen molar-refractivity contribution in [2.75, 3.05) is 11.2 Å². The Morgan fingerprint density at radius 2 is 2.27 bits per heavy atom. The van der Waals surface area contributed by atoms with Crippen LogP contribution >= 0.6 is 27.5 Å². The number of halogens is 2. The van der Waals surface area contributed by atoms with Crippen molar-refractivity contribution in [2.45, 2.75) is 13.8 Å². The minimum Gasteiger partial charge on any atom is -0.326 e. The third-order valence-electron chi connectivity index (χ3n) is 2.10.